The number of halogens is 2. The van der Waals surface area contributed by atoms with Crippen LogP contribution in [-0.2, 0) is 6.54 Å². The van der Waals surface area contributed by atoms with Gasteiger partial charge in [0.25, 0.3) is 0 Å². The molecule has 0 fully saturated rings. The van der Waals surface area contributed by atoms with Crippen LogP contribution in [0.15, 0.2) is 36.0 Å². The van der Waals surface area contributed by atoms with Gasteiger partial charge in [0.15, 0.2) is 0 Å². The number of allylic oxidation sites excluding steroid dienone is 1. The minimum Gasteiger partial charge on any atom is -0.310 e. The molecule has 1 N–H and O–H groups in total. The lowest BCUT2D eigenvalue weighted by Crippen LogP contribution is -2.15. The summed E-state index contributed by atoms with van der Waals surface area (Å²) in [4.78, 5) is 5.57. The lowest BCUT2D eigenvalue weighted by atomic mass is 9.97. The SMILES string of the molecule is Clc1ccc(-c2cnc(CNCCC3=CCCCC3)s2)c(Cl)c1. The van der Waals surface area contributed by atoms with Gasteiger partial charge in [-0.1, -0.05) is 40.9 Å². The van der Waals surface area contributed by atoms with E-state index in [1.165, 1.54) is 25.7 Å². The lowest BCUT2D eigenvalue weighted by molar-refractivity contribution is 0.631. The highest BCUT2D eigenvalue weighted by atomic mass is 35.5. The zero-order chi connectivity index (χ0) is 16.1. The molecule has 0 amide bonds. The van der Waals surface area contributed by atoms with Crippen LogP contribution >= 0.6 is 34.5 Å². The first-order chi connectivity index (χ1) is 11.2. The Balaban J connectivity index is 1.52. The second-order valence-electron chi connectivity index (χ2n) is 5.78. The molecule has 0 bridgehead atoms. The number of benzene rings is 1. The number of rotatable bonds is 6. The smallest absolute Gasteiger partial charge is 0.107 e. The van der Waals surface area contributed by atoms with E-state index in [1.54, 1.807) is 23.0 Å². The molecule has 2 aromatic rings. The fraction of sp³-hybridized carbons (Fsp3) is 0.389. The summed E-state index contributed by atoms with van der Waals surface area (Å²) < 4.78 is 0. The van der Waals surface area contributed by atoms with E-state index in [4.69, 9.17) is 23.2 Å². The maximum absolute atomic E-state index is 6.26. The Kier molecular flexibility index (Phi) is 6.12. The van der Waals surface area contributed by atoms with E-state index in [9.17, 15) is 0 Å². The molecule has 1 aliphatic rings. The molecule has 1 heterocycles. The van der Waals surface area contributed by atoms with Crippen LogP contribution in [0.4, 0.5) is 0 Å². The Hall–Kier alpha value is -0.870. The van der Waals surface area contributed by atoms with E-state index in [0.29, 0.717) is 10.0 Å². The Bertz CT molecular complexity index is 694. The molecule has 3 rings (SSSR count). The third kappa shape index (κ3) is 4.80. The zero-order valence-electron chi connectivity index (χ0n) is 12.9. The van der Waals surface area contributed by atoms with Gasteiger partial charge in [0.2, 0.25) is 0 Å². The molecule has 0 atom stereocenters. The molecule has 122 valence electrons. The zero-order valence-corrected chi connectivity index (χ0v) is 15.3. The maximum atomic E-state index is 6.26. The number of aromatic nitrogens is 1. The number of nitrogens with zero attached hydrogens (tertiary/aromatic N) is 1. The summed E-state index contributed by atoms with van der Waals surface area (Å²) in [5.41, 5.74) is 2.60. The number of hydrogen-bond acceptors (Lipinski definition) is 3. The van der Waals surface area contributed by atoms with Gasteiger partial charge in [-0.25, -0.2) is 4.98 Å². The van der Waals surface area contributed by atoms with Crippen LogP contribution in [0.2, 0.25) is 10.0 Å². The molecule has 0 radical (unpaired) electrons. The van der Waals surface area contributed by atoms with Crippen LogP contribution in [0.25, 0.3) is 10.4 Å². The van der Waals surface area contributed by atoms with E-state index in [2.05, 4.69) is 16.4 Å². The van der Waals surface area contributed by atoms with Crippen molar-refractivity contribution in [2.45, 2.75) is 38.6 Å². The van der Waals surface area contributed by atoms with Crippen LogP contribution in [0.3, 0.4) is 0 Å². The fourth-order valence-corrected chi connectivity index (χ4v) is 4.27. The summed E-state index contributed by atoms with van der Waals surface area (Å²) in [7, 11) is 0. The molecule has 23 heavy (non-hydrogen) atoms. The average molecular weight is 367 g/mol. The minimum atomic E-state index is 0.655. The third-order valence-electron chi connectivity index (χ3n) is 4.03. The van der Waals surface area contributed by atoms with Crippen molar-refractivity contribution in [3.63, 3.8) is 0 Å². The number of thiazole rings is 1. The van der Waals surface area contributed by atoms with E-state index >= 15 is 0 Å². The van der Waals surface area contributed by atoms with Crippen molar-refractivity contribution in [2.24, 2.45) is 0 Å². The van der Waals surface area contributed by atoms with E-state index < -0.39 is 0 Å². The predicted octanol–water partition coefficient (Wildman–Crippen LogP) is 6.10. The highest BCUT2D eigenvalue weighted by Gasteiger charge is 2.09. The third-order valence-corrected chi connectivity index (χ3v) is 5.61. The first-order valence-corrected chi connectivity index (χ1v) is 9.58. The van der Waals surface area contributed by atoms with Crippen LogP contribution in [0.5, 0.6) is 0 Å². The molecule has 0 saturated heterocycles. The molecule has 1 aromatic heterocycles. The Labute approximate surface area is 151 Å². The monoisotopic (exact) mass is 366 g/mol. The fourth-order valence-electron chi connectivity index (χ4n) is 2.78. The van der Waals surface area contributed by atoms with Gasteiger partial charge in [-0.15, -0.1) is 11.3 Å². The Morgan fingerprint density at radius 2 is 2.13 bits per heavy atom. The van der Waals surface area contributed by atoms with E-state index in [1.807, 2.05) is 18.3 Å². The summed E-state index contributed by atoms with van der Waals surface area (Å²) in [5, 5.41) is 5.90. The van der Waals surface area contributed by atoms with Crippen LogP contribution < -0.4 is 5.32 Å². The standard InChI is InChI=1S/C18H20Cl2N2S/c19-14-6-7-15(16(20)10-14)17-11-22-18(23-17)12-21-9-8-13-4-2-1-3-5-13/h4,6-7,10-11,21H,1-3,5,8-9,12H2. The van der Waals surface area contributed by atoms with E-state index in [0.717, 1.165) is 35.0 Å². The first kappa shape index (κ1) is 17.0. The molecule has 1 aliphatic carbocycles. The summed E-state index contributed by atoms with van der Waals surface area (Å²) in [6, 6.07) is 5.58. The topological polar surface area (TPSA) is 24.9 Å². The van der Waals surface area contributed by atoms with Crippen LogP contribution in [0, 0.1) is 0 Å². The highest BCUT2D eigenvalue weighted by Crippen LogP contribution is 2.33. The lowest BCUT2D eigenvalue weighted by Gasteiger charge is -2.12. The van der Waals surface area contributed by atoms with Crippen molar-refractivity contribution in [1.82, 2.24) is 10.3 Å². The Morgan fingerprint density at radius 1 is 1.22 bits per heavy atom. The van der Waals surface area contributed by atoms with E-state index in [-0.39, 0.29) is 0 Å². The first-order valence-electron chi connectivity index (χ1n) is 8.01. The van der Waals surface area contributed by atoms with Crippen LogP contribution in [-0.4, -0.2) is 11.5 Å². The van der Waals surface area contributed by atoms with Gasteiger partial charge in [-0.05, 0) is 50.8 Å². The van der Waals surface area contributed by atoms with Crippen LogP contribution in [0.1, 0.15) is 37.1 Å². The molecule has 0 aliphatic heterocycles. The van der Waals surface area contributed by atoms with Crippen molar-refractivity contribution in [3.05, 3.63) is 51.1 Å². The van der Waals surface area contributed by atoms with Gasteiger partial charge in [-0.2, -0.15) is 0 Å². The quantitative estimate of drug-likeness (QED) is 0.493. The summed E-state index contributed by atoms with van der Waals surface area (Å²) in [6.07, 6.45) is 10.7. The van der Waals surface area contributed by atoms with Gasteiger partial charge >= 0.3 is 0 Å². The molecular weight excluding hydrogens is 347 g/mol. The number of nitrogens with one attached hydrogen (secondary N) is 1. The molecular formula is C18H20Cl2N2S. The van der Waals surface area contributed by atoms with Crippen molar-refractivity contribution < 1.29 is 0 Å². The van der Waals surface area contributed by atoms with Gasteiger partial charge in [0.1, 0.15) is 5.01 Å². The predicted molar refractivity (Wildman–Crippen MR) is 100 cm³/mol. The van der Waals surface area contributed by atoms with Gasteiger partial charge in [0.05, 0.1) is 9.90 Å². The summed E-state index contributed by atoms with van der Waals surface area (Å²) >= 11 is 13.9. The molecule has 0 unspecified atom stereocenters. The van der Waals surface area contributed by atoms with Gasteiger partial charge in [-0.3, -0.25) is 0 Å². The van der Waals surface area contributed by atoms with Crippen molar-refractivity contribution >= 4 is 34.5 Å². The van der Waals surface area contributed by atoms with Gasteiger partial charge in [0, 0.05) is 23.3 Å². The van der Waals surface area contributed by atoms with Crippen molar-refractivity contribution in [1.29, 1.82) is 0 Å². The second kappa shape index (κ2) is 8.29. The molecule has 2 nitrogen and oxygen atoms in total. The number of hydrogen-bond donors (Lipinski definition) is 1. The average Bonchev–Trinajstić information content (AvgIpc) is 3.01. The summed E-state index contributed by atoms with van der Waals surface area (Å²) in [6.45, 7) is 1.83. The molecule has 0 saturated carbocycles. The minimum absolute atomic E-state index is 0.655. The molecule has 5 heteroatoms. The summed E-state index contributed by atoms with van der Waals surface area (Å²) in [5.74, 6) is 0. The maximum Gasteiger partial charge on any atom is 0.107 e. The second-order valence-corrected chi connectivity index (χ2v) is 7.74. The normalized spacial score (nSPS) is 14.8. The van der Waals surface area contributed by atoms with Crippen molar-refractivity contribution in [3.8, 4) is 10.4 Å². The molecule has 1 aromatic carbocycles. The Morgan fingerprint density at radius 3 is 2.91 bits per heavy atom. The largest absolute Gasteiger partial charge is 0.310 e. The van der Waals surface area contributed by atoms with Crippen molar-refractivity contribution in [2.75, 3.05) is 6.54 Å². The van der Waals surface area contributed by atoms with Gasteiger partial charge < -0.3 is 5.32 Å². The highest BCUT2D eigenvalue weighted by molar-refractivity contribution is 7.15. The molecule has 0 spiro atoms.